The Morgan fingerprint density at radius 3 is 2.65 bits per heavy atom. The second kappa shape index (κ2) is 5.51. The SMILES string of the molecule is N#CC1(Nc2ccc(Br)cc2)CCSc2ccccc21. The van der Waals surface area contributed by atoms with Crippen LogP contribution in [-0.2, 0) is 5.54 Å². The van der Waals surface area contributed by atoms with Crippen LogP contribution < -0.4 is 5.32 Å². The molecule has 0 fully saturated rings. The summed E-state index contributed by atoms with van der Waals surface area (Å²) in [7, 11) is 0. The summed E-state index contributed by atoms with van der Waals surface area (Å²) in [6.07, 6.45) is 0.807. The lowest BCUT2D eigenvalue weighted by atomic mass is 9.87. The smallest absolute Gasteiger partial charge is 0.152 e. The summed E-state index contributed by atoms with van der Waals surface area (Å²) < 4.78 is 1.04. The third-order valence-corrected chi connectivity index (χ3v) is 5.08. The van der Waals surface area contributed by atoms with Gasteiger partial charge in [-0.15, -0.1) is 11.8 Å². The molecule has 1 N–H and O–H groups in total. The van der Waals surface area contributed by atoms with Crippen molar-refractivity contribution in [2.75, 3.05) is 11.1 Å². The van der Waals surface area contributed by atoms with E-state index in [1.54, 1.807) is 0 Å². The second-order valence-electron chi connectivity index (χ2n) is 4.74. The van der Waals surface area contributed by atoms with Gasteiger partial charge in [-0.25, -0.2) is 0 Å². The quantitative estimate of drug-likeness (QED) is 0.851. The second-order valence-corrected chi connectivity index (χ2v) is 6.80. The van der Waals surface area contributed by atoms with Crippen LogP contribution in [0.15, 0.2) is 57.9 Å². The highest BCUT2D eigenvalue weighted by Crippen LogP contribution is 2.41. The van der Waals surface area contributed by atoms with Crippen LogP contribution in [0.5, 0.6) is 0 Å². The molecule has 4 heteroatoms. The number of anilines is 1. The highest BCUT2D eigenvalue weighted by Gasteiger charge is 2.37. The predicted molar refractivity (Wildman–Crippen MR) is 86.8 cm³/mol. The highest BCUT2D eigenvalue weighted by atomic mass is 79.9. The van der Waals surface area contributed by atoms with E-state index in [0.717, 1.165) is 27.9 Å². The number of hydrogen-bond donors (Lipinski definition) is 1. The van der Waals surface area contributed by atoms with E-state index in [0.29, 0.717) is 0 Å². The van der Waals surface area contributed by atoms with Crippen molar-refractivity contribution in [3.8, 4) is 6.07 Å². The molecular weight excluding hydrogens is 332 g/mol. The molecule has 2 nitrogen and oxygen atoms in total. The fourth-order valence-corrected chi connectivity index (χ4v) is 3.91. The summed E-state index contributed by atoms with van der Waals surface area (Å²) in [5, 5.41) is 13.2. The highest BCUT2D eigenvalue weighted by molar-refractivity contribution is 9.10. The van der Waals surface area contributed by atoms with E-state index in [4.69, 9.17) is 0 Å². The van der Waals surface area contributed by atoms with Crippen molar-refractivity contribution in [1.82, 2.24) is 0 Å². The first-order valence-corrected chi connectivity index (χ1v) is 8.19. The molecule has 20 heavy (non-hydrogen) atoms. The number of nitrogens with zero attached hydrogens (tertiary/aromatic N) is 1. The summed E-state index contributed by atoms with van der Waals surface area (Å²) in [4.78, 5) is 1.20. The van der Waals surface area contributed by atoms with Gasteiger partial charge in [-0.05, 0) is 36.8 Å². The fraction of sp³-hybridized carbons (Fsp3) is 0.188. The lowest BCUT2D eigenvalue weighted by Crippen LogP contribution is -2.37. The molecule has 1 aliphatic heterocycles. The van der Waals surface area contributed by atoms with Crippen molar-refractivity contribution in [2.45, 2.75) is 16.9 Å². The van der Waals surface area contributed by atoms with Crippen LogP contribution in [0.25, 0.3) is 0 Å². The molecule has 1 heterocycles. The van der Waals surface area contributed by atoms with E-state index in [-0.39, 0.29) is 0 Å². The molecule has 100 valence electrons. The van der Waals surface area contributed by atoms with Crippen molar-refractivity contribution >= 4 is 33.4 Å². The summed E-state index contributed by atoms with van der Waals surface area (Å²) in [5.74, 6) is 0.952. The number of nitrogens with one attached hydrogen (secondary N) is 1. The first kappa shape index (κ1) is 13.5. The summed E-state index contributed by atoms with van der Waals surface area (Å²) in [6, 6.07) is 18.6. The zero-order valence-corrected chi connectivity index (χ0v) is 13.2. The molecule has 1 unspecified atom stereocenters. The van der Waals surface area contributed by atoms with Crippen molar-refractivity contribution in [2.24, 2.45) is 0 Å². The minimum absolute atomic E-state index is 0.629. The molecule has 0 amide bonds. The molecule has 2 aromatic rings. The van der Waals surface area contributed by atoms with Gasteiger partial charge in [0, 0.05) is 26.4 Å². The Bertz CT molecular complexity index is 663. The lowest BCUT2D eigenvalue weighted by Gasteiger charge is -2.34. The predicted octanol–water partition coefficient (Wildman–Crippen LogP) is 4.78. The van der Waals surface area contributed by atoms with Crippen LogP contribution in [-0.4, -0.2) is 5.75 Å². The number of benzene rings is 2. The minimum Gasteiger partial charge on any atom is -0.364 e. The number of nitriles is 1. The van der Waals surface area contributed by atoms with Crippen molar-refractivity contribution in [3.63, 3.8) is 0 Å². The Hall–Kier alpha value is -1.44. The van der Waals surface area contributed by atoms with E-state index < -0.39 is 5.54 Å². The normalized spacial score (nSPS) is 20.8. The van der Waals surface area contributed by atoms with Crippen LogP contribution in [0.2, 0.25) is 0 Å². The molecular formula is C16H13BrN2S. The molecule has 0 bridgehead atoms. The van der Waals surface area contributed by atoms with E-state index >= 15 is 0 Å². The molecule has 0 saturated heterocycles. The van der Waals surface area contributed by atoms with E-state index in [2.05, 4.69) is 39.4 Å². The van der Waals surface area contributed by atoms with Crippen LogP contribution in [0.4, 0.5) is 5.69 Å². The van der Waals surface area contributed by atoms with Gasteiger partial charge in [0.25, 0.3) is 0 Å². The zero-order valence-electron chi connectivity index (χ0n) is 10.8. The van der Waals surface area contributed by atoms with Gasteiger partial charge in [0.2, 0.25) is 0 Å². The number of rotatable bonds is 2. The third-order valence-electron chi connectivity index (χ3n) is 3.47. The standard InChI is InChI=1S/C16H13BrN2S/c17-12-5-7-13(8-6-12)19-16(11-18)9-10-20-15-4-2-1-3-14(15)16/h1-8,19H,9-10H2. The van der Waals surface area contributed by atoms with Crippen molar-refractivity contribution in [3.05, 3.63) is 58.6 Å². The van der Waals surface area contributed by atoms with E-state index in [9.17, 15) is 5.26 Å². The van der Waals surface area contributed by atoms with Gasteiger partial charge in [-0.1, -0.05) is 34.1 Å². The maximum atomic E-state index is 9.77. The molecule has 1 aliphatic rings. The maximum absolute atomic E-state index is 9.77. The average molecular weight is 345 g/mol. The van der Waals surface area contributed by atoms with Gasteiger partial charge in [-0.3, -0.25) is 0 Å². The largest absolute Gasteiger partial charge is 0.364 e. The molecule has 0 aromatic heterocycles. The number of thioether (sulfide) groups is 1. The lowest BCUT2D eigenvalue weighted by molar-refractivity contribution is 0.589. The average Bonchev–Trinajstić information content (AvgIpc) is 2.50. The molecule has 2 aromatic carbocycles. The topological polar surface area (TPSA) is 35.8 Å². The summed E-state index contributed by atoms with van der Waals surface area (Å²) in [6.45, 7) is 0. The molecule has 1 atom stereocenters. The molecule has 0 spiro atoms. The Morgan fingerprint density at radius 1 is 1.15 bits per heavy atom. The van der Waals surface area contributed by atoms with Crippen LogP contribution in [0.3, 0.4) is 0 Å². The summed E-state index contributed by atoms with van der Waals surface area (Å²) >= 11 is 5.25. The number of fused-ring (bicyclic) bond motifs is 1. The van der Waals surface area contributed by atoms with Crippen LogP contribution >= 0.6 is 27.7 Å². The first-order valence-electron chi connectivity index (χ1n) is 6.41. The monoisotopic (exact) mass is 344 g/mol. The van der Waals surface area contributed by atoms with Gasteiger partial charge in [0.05, 0.1) is 6.07 Å². The van der Waals surface area contributed by atoms with Gasteiger partial charge in [0.1, 0.15) is 0 Å². The van der Waals surface area contributed by atoms with Gasteiger partial charge >= 0.3 is 0 Å². The van der Waals surface area contributed by atoms with E-state index in [1.165, 1.54) is 4.90 Å². The molecule has 0 aliphatic carbocycles. The van der Waals surface area contributed by atoms with Gasteiger partial charge in [-0.2, -0.15) is 5.26 Å². The molecule has 0 radical (unpaired) electrons. The minimum atomic E-state index is -0.629. The zero-order chi connectivity index (χ0) is 14.0. The third kappa shape index (κ3) is 2.44. The fourth-order valence-electron chi connectivity index (χ4n) is 2.45. The first-order chi connectivity index (χ1) is 9.73. The maximum Gasteiger partial charge on any atom is 0.152 e. The van der Waals surface area contributed by atoms with Crippen LogP contribution in [0.1, 0.15) is 12.0 Å². The summed E-state index contributed by atoms with van der Waals surface area (Å²) in [5.41, 5.74) is 1.42. The van der Waals surface area contributed by atoms with Gasteiger partial charge in [0.15, 0.2) is 5.54 Å². The number of halogens is 1. The van der Waals surface area contributed by atoms with Gasteiger partial charge < -0.3 is 5.32 Å². The Morgan fingerprint density at radius 2 is 1.90 bits per heavy atom. The van der Waals surface area contributed by atoms with Crippen molar-refractivity contribution < 1.29 is 0 Å². The molecule has 3 rings (SSSR count). The number of hydrogen-bond acceptors (Lipinski definition) is 3. The van der Waals surface area contributed by atoms with Crippen LogP contribution in [0, 0.1) is 11.3 Å². The Kier molecular flexibility index (Phi) is 3.73. The Labute approximate surface area is 131 Å². The van der Waals surface area contributed by atoms with Crippen molar-refractivity contribution in [1.29, 1.82) is 5.26 Å². The van der Waals surface area contributed by atoms with E-state index in [1.807, 2.05) is 48.2 Å². The Balaban J connectivity index is 2.01. The molecule has 0 saturated carbocycles.